The molecule has 1 fully saturated rings. The van der Waals surface area contributed by atoms with Crippen molar-refractivity contribution in [1.82, 2.24) is 4.90 Å². The summed E-state index contributed by atoms with van der Waals surface area (Å²) in [6.45, 7) is 3.54. The minimum atomic E-state index is 0.763. The number of hydrogen-bond donors (Lipinski definition) is 0. The van der Waals surface area contributed by atoms with E-state index in [-0.39, 0.29) is 0 Å². The van der Waals surface area contributed by atoms with Crippen LogP contribution in [0.15, 0.2) is 0 Å². The van der Waals surface area contributed by atoms with Crippen molar-refractivity contribution in [3.63, 3.8) is 0 Å². The zero-order chi connectivity index (χ0) is 6.69. The molecule has 0 saturated carbocycles. The van der Waals surface area contributed by atoms with Crippen LogP contribution in [0.3, 0.4) is 0 Å². The smallest absolute Gasteiger partial charge is 0.0121 e. The van der Waals surface area contributed by atoms with Gasteiger partial charge in [0, 0.05) is 6.04 Å². The molecule has 0 spiro atoms. The van der Waals surface area contributed by atoms with Gasteiger partial charge in [0.15, 0.2) is 0 Å². The highest BCUT2D eigenvalue weighted by molar-refractivity contribution is 4.86. The Balaban J connectivity index is 2.30. The second-order valence-corrected chi connectivity index (χ2v) is 2.83. The third-order valence-electron chi connectivity index (χ3n) is 2.14. The number of nitrogens with zero attached hydrogens (tertiary/aromatic N) is 1. The molecular weight excluding hydrogens is 110 g/mol. The predicted molar refractivity (Wildman–Crippen MR) is 40.2 cm³/mol. The summed E-state index contributed by atoms with van der Waals surface area (Å²) in [5.41, 5.74) is 0. The van der Waals surface area contributed by atoms with Gasteiger partial charge in [-0.1, -0.05) is 6.92 Å². The molecule has 0 aromatic carbocycles. The van der Waals surface area contributed by atoms with E-state index in [0.717, 1.165) is 6.04 Å². The topological polar surface area (TPSA) is 3.24 Å². The van der Waals surface area contributed by atoms with Crippen LogP contribution in [0.25, 0.3) is 0 Å². The van der Waals surface area contributed by atoms with Gasteiger partial charge in [-0.2, -0.15) is 0 Å². The Kier molecular flexibility index (Phi) is 2.52. The Morgan fingerprint density at radius 3 is 2.89 bits per heavy atom. The summed E-state index contributed by atoms with van der Waals surface area (Å²) in [6, 6.07) is 0.763. The molecule has 53 valence electrons. The number of rotatable bonds is 1. The maximum atomic E-state index is 2.43. The molecule has 1 heteroatoms. The third-order valence-corrected chi connectivity index (χ3v) is 2.14. The van der Waals surface area contributed by atoms with Gasteiger partial charge in [-0.15, -0.1) is 0 Å². The fourth-order valence-corrected chi connectivity index (χ4v) is 1.48. The summed E-state index contributed by atoms with van der Waals surface area (Å²) < 4.78 is 0. The Bertz CT molecular complexity index is 80.6. The minimum absolute atomic E-state index is 0.763. The second kappa shape index (κ2) is 3.21. The van der Waals surface area contributed by atoms with Gasteiger partial charge in [0.2, 0.25) is 0 Å². The van der Waals surface area contributed by atoms with Crippen LogP contribution in [0.5, 0.6) is 0 Å². The average molecular weight is 126 g/mol. The Labute approximate surface area is 58.0 Å². The van der Waals surface area contributed by atoms with Crippen molar-refractivity contribution >= 4 is 0 Å². The molecule has 1 saturated heterocycles. The van der Waals surface area contributed by atoms with Crippen molar-refractivity contribution in [3.8, 4) is 0 Å². The van der Waals surface area contributed by atoms with Crippen LogP contribution in [-0.4, -0.2) is 24.5 Å². The molecule has 1 unspecified atom stereocenters. The minimum Gasteiger partial charge on any atom is -0.303 e. The highest BCUT2D eigenvalue weighted by Gasteiger charge is 2.15. The molecule has 0 amide bonds. The van der Waals surface area contributed by atoms with Gasteiger partial charge in [0.1, 0.15) is 0 Å². The highest BCUT2D eigenvalue weighted by Crippen LogP contribution is 2.15. The summed E-state index contributed by atoms with van der Waals surface area (Å²) in [7, 11) is 2.21. The maximum absolute atomic E-state index is 2.43. The fourth-order valence-electron chi connectivity index (χ4n) is 1.48. The van der Waals surface area contributed by atoms with Crippen LogP contribution in [0.4, 0.5) is 0 Å². The van der Waals surface area contributed by atoms with E-state index in [1.54, 1.807) is 0 Å². The van der Waals surface area contributed by atoms with Crippen LogP contribution in [0.2, 0.25) is 0 Å². The molecule has 1 radical (unpaired) electrons. The van der Waals surface area contributed by atoms with Gasteiger partial charge >= 0.3 is 0 Å². The first-order chi connectivity index (χ1) is 4.34. The standard InChI is InChI=1S/C8H16N/c1-3-8-6-4-5-7-9(8)2/h6,8H,3-5,7H2,1-2H3. The molecular formula is C8H16N. The van der Waals surface area contributed by atoms with Crippen molar-refractivity contribution in [2.24, 2.45) is 0 Å². The van der Waals surface area contributed by atoms with Crippen LogP contribution >= 0.6 is 0 Å². The van der Waals surface area contributed by atoms with E-state index in [1.165, 1.54) is 25.8 Å². The van der Waals surface area contributed by atoms with Gasteiger partial charge in [0.05, 0.1) is 0 Å². The van der Waals surface area contributed by atoms with Gasteiger partial charge in [0.25, 0.3) is 0 Å². The normalized spacial score (nSPS) is 30.7. The van der Waals surface area contributed by atoms with E-state index in [0.29, 0.717) is 0 Å². The molecule has 9 heavy (non-hydrogen) atoms. The van der Waals surface area contributed by atoms with Crippen LogP contribution in [0.1, 0.15) is 26.2 Å². The molecule has 1 rings (SSSR count). The summed E-state index contributed by atoms with van der Waals surface area (Å²) in [5.74, 6) is 0. The highest BCUT2D eigenvalue weighted by atomic mass is 15.1. The number of piperidine rings is 1. The summed E-state index contributed by atoms with van der Waals surface area (Å²) in [6.07, 6.45) is 6.38. The Morgan fingerprint density at radius 1 is 1.67 bits per heavy atom. The SMILES string of the molecule is CCC1[CH]CCCN1C. The van der Waals surface area contributed by atoms with Gasteiger partial charge in [-0.25, -0.2) is 0 Å². The molecule has 1 aliphatic heterocycles. The summed E-state index contributed by atoms with van der Waals surface area (Å²) in [4.78, 5) is 2.43. The quantitative estimate of drug-likeness (QED) is 0.517. The van der Waals surface area contributed by atoms with Crippen molar-refractivity contribution < 1.29 is 0 Å². The first-order valence-electron chi connectivity index (χ1n) is 3.88. The second-order valence-electron chi connectivity index (χ2n) is 2.83. The largest absolute Gasteiger partial charge is 0.303 e. The molecule has 0 N–H and O–H groups in total. The van der Waals surface area contributed by atoms with Gasteiger partial charge in [-0.3, -0.25) is 0 Å². The van der Waals surface area contributed by atoms with E-state index >= 15 is 0 Å². The molecule has 1 heterocycles. The first kappa shape index (κ1) is 7.07. The molecule has 1 atom stereocenters. The van der Waals surface area contributed by atoms with Crippen molar-refractivity contribution in [2.45, 2.75) is 32.2 Å². The average Bonchev–Trinajstić information content (AvgIpc) is 1.89. The third kappa shape index (κ3) is 1.68. The van der Waals surface area contributed by atoms with Gasteiger partial charge < -0.3 is 4.90 Å². The predicted octanol–water partition coefficient (Wildman–Crippen LogP) is 1.69. The molecule has 0 aromatic rings. The lowest BCUT2D eigenvalue weighted by atomic mass is 10.0. The van der Waals surface area contributed by atoms with Crippen molar-refractivity contribution in [3.05, 3.63) is 6.42 Å². The molecule has 1 nitrogen and oxygen atoms in total. The monoisotopic (exact) mass is 126 g/mol. The van der Waals surface area contributed by atoms with E-state index in [2.05, 4.69) is 25.3 Å². The van der Waals surface area contributed by atoms with Crippen LogP contribution in [0, 0.1) is 6.42 Å². The van der Waals surface area contributed by atoms with E-state index in [4.69, 9.17) is 0 Å². The molecule has 1 aliphatic rings. The van der Waals surface area contributed by atoms with E-state index < -0.39 is 0 Å². The first-order valence-corrected chi connectivity index (χ1v) is 3.88. The molecule has 0 aliphatic carbocycles. The zero-order valence-electron chi connectivity index (χ0n) is 6.43. The zero-order valence-corrected chi connectivity index (χ0v) is 6.43. The lowest BCUT2D eigenvalue weighted by Gasteiger charge is -2.31. The Morgan fingerprint density at radius 2 is 2.44 bits per heavy atom. The van der Waals surface area contributed by atoms with Crippen LogP contribution < -0.4 is 0 Å². The number of hydrogen-bond acceptors (Lipinski definition) is 1. The number of likely N-dealkylation sites (tertiary alicyclic amines) is 1. The van der Waals surface area contributed by atoms with Crippen molar-refractivity contribution in [2.75, 3.05) is 13.6 Å². The van der Waals surface area contributed by atoms with Crippen molar-refractivity contribution in [1.29, 1.82) is 0 Å². The summed E-state index contributed by atoms with van der Waals surface area (Å²) in [5, 5.41) is 0. The van der Waals surface area contributed by atoms with Crippen LogP contribution in [-0.2, 0) is 0 Å². The fraction of sp³-hybridized carbons (Fsp3) is 0.875. The lowest BCUT2D eigenvalue weighted by Crippen LogP contribution is -2.35. The van der Waals surface area contributed by atoms with E-state index in [1.807, 2.05) is 0 Å². The summed E-state index contributed by atoms with van der Waals surface area (Å²) >= 11 is 0. The molecule has 0 bridgehead atoms. The maximum Gasteiger partial charge on any atom is 0.0121 e. The van der Waals surface area contributed by atoms with Gasteiger partial charge in [-0.05, 0) is 39.3 Å². The lowest BCUT2D eigenvalue weighted by molar-refractivity contribution is 0.226. The Hall–Kier alpha value is -0.0400. The van der Waals surface area contributed by atoms with E-state index in [9.17, 15) is 0 Å². The molecule has 0 aromatic heterocycles.